The number of alkyl halides is 6. The third kappa shape index (κ3) is 7.90. The van der Waals surface area contributed by atoms with Gasteiger partial charge in [0.25, 0.3) is 11.8 Å². The summed E-state index contributed by atoms with van der Waals surface area (Å²) in [5.41, 5.74) is 2.08. The summed E-state index contributed by atoms with van der Waals surface area (Å²) in [6.45, 7) is 2.45. The van der Waals surface area contributed by atoms with E-state index in [0.717, 1.165) is 0 Å². The molecule has 2 unspecified atom stereocenters. The molecule has 2 amide bonds. The molecule has 0 saturated carbocycles. The maximum absolute atomic E-state index is 13.3. The lowest BCUT2D eigenvalue weighted by Gasteiger charge is -2.24. The Kier molecular flexibility index (Phi) is 9.82. The van der Waals surface area contributed by atoms with E-state index in [1.54, 1.807) is 24.5 Å². The normalized spacial score (nSPS) is 17.6. The second kappa shape index (κ2) is 12.4. The molecule has 1 aromatic heterocycles. The summed E-state index contributed by atoms with van der Waals surface area (Å²) in [5, 5.41) is 5.58. The van der Waals surface area contributed by atoms with Crippen molar-refractivity contribution >= 4 is 56.7 Å². The van der Waals surface area contributed by atoms with Crippen molar-refractivity contribution in [2.75, 3.05) is 17.3 Å². The molecule has 0 fully saturated rings. The minimum absolute atomic E-state index is 0.0208. The van der Waals surface area contributed by atoms with Crippen LogP contribution in [0.1, 0.15) is 39.0 Å². The lowest BCUT2D eigenvalue weighted by atomic mass is 10.1. The van der Waals surface area contributed by atoms with Crippen molar-refractivity contribution in [1.82, 2.24) is 20.7 Å². The minimum atomic E-state index is -5.10. The summed E-state index contributed by atoms with van der Waals surface area (Å²) in [6, 6.07) is 6.79. The van der Waals surface area contributed by atoms with Crippen molar-refractivity contribution in [2.24, 2.45) is 4.99 Å². The molecule has 0 spiro atoms. The van der Waals surface area contributed by atoms with Gasteiger partial charge in [0.15, 0.2) is 0 Å². The van der Waals surface area contributed by atoms with E-state index in [1.165, 1.54) is 31.4 Å². The first-order valence-corrected chi connectivity index (χ1v) is 14.2. The van der Waals surface area contributed by atoms with E-state index in [9.17, 15) is 40.1 Å². The number of rotatable bonds is 8. The Hall–Kier alpha value is -2.80. The minimum Gasteiger partial charge on any atom is -0.349 e. The highest BCUT2D eigenvalue weighted by Gasteiger charge is 2.52. The predicted molar refractivity (Wildman–Crippen MR) is 144 cm³/mol. The number of pyridine rings is 1. The average Bonchev–Trinajstić information content (AvgIpc) is 3.25. The van der Waals surface area contributed by atoms with Gasteiger partial charge in [-0.25, -0.2) is 4.99 Å². The predicted octanol–water partition coefficient (Wildman–Crippen LogP) is 3.91. The molecule has 1 aliphatic rings. The zero-order valence-electron chi connectivity index (χ0n) is 21.1. The number of anilines is 1. The summed E-state index contributed by atoms with van der Waals surface area (Å²) in [4.78, 5) is 32.9. The molecule has 3 N–H and O–H groups in total. The second-order valence-corrected chi connectivity index (χ2v) is 11.4. The monoisotopic (exact) mass is 704 g/mol. The van der Waals surface area contributed by atoms with Gasteiger partial charge >= 0.3 is 12.4 Å². The first kappa shape index (κ1) is 31.7. The van der Waals surface area contributed by atoms with Crippen molar-refractivity contribution in [2.45, 2.75) is 45.0 Å². The maximum Gasteiger partial charge on any atom is 0.450 e. The Labute approximate surface area is 240 Å². The highest BCUT2D eigenvalue weighted by Crippen LogP contribution is 2.32. The summed E-state index contributed by atoms with van der Waals surface area (Å²) >= 11 is 1.90. The van der Waals surface area contributed by atoms with Gasteiger partial charge in [-0.1, -0.05) is 6.07 Å². The number of amides is 2. The third-order valence-corrected chi connectivity index (χ3v) is 7.30. The molecule has 0 radical (unpaired) electrons. The molecule has 9 nitrogen and oxygen atoms in total. The van der Waals surface area contributed by atoms with Crippen LogP contribution in [0, 0.1) is 10.5 Å². The lowest BCUT2D eigenvalue weighted by Crippen LogP contribution is -2.48. The number of benzene rings is 1. The van der Waals surface area contributed by atoms with Crippen LogP contribution < -0.4 is 16.1 Å². The summed E-state index contributed by atoms with van der Waals surface area (Å²) in [7, 11) is -1.16. The lowest BCUT2D eigenvalue weighted by molar-refractivity contribution is -0.183. The fourth-order valence-corrected chi connectivity index (χ4v) is 5.29. The van der Waals surface area contributed by atoms with E-state index < -0.39 is 59.6 Å². The SMILES string of the molecule is Cc1nc(CN2NC(C(F)(F)F)=NC2C(F)(F)F)ccc1NC(=O)c1cccc(I)c1C(=O)N[C@@H](C)CS(C)=O. The number of aryl methyl sites for hydroxylation is 1. The Balaban J connectivity index is 1.78. The second-order valence-electron chi connectivity index (χ2n) is 8.80. The van der Waals surface area contributed by atoms with Crippen LogP contribution in [0.15, 0.2) is 35.3 Å². The standard InChI is InChI=1S/C23H23F6IN6O3S/c1-11(10-40(3)39)31-19(38)17-14(5-4-6-15(17)30)18(37)33-16-8-7-13(32-12(16)2)9-36-21(23(27,28)29)34-20(35-36)22(24,25)26/h4-8,11,21H,9-10H2,1-3H3,(H,31,38)(H,33,37)(H,34,35)/t11-,21?,40?/m0/s1. The molecular formula is C23H23F6IN6O3S. The number of hydrogen-bond donors (Lipinski definition) is 3. The van der Waals surface area contributed by atoms with Crippen LogP contribution in [0.5, 0.6) is 0 Å². The van der Waals surface area contributed by atoms with Crippen LogP contribution >= 0.6 is 22.6 Å². The van der Waals surface area contributed by atoms with Gasteiger partial charge in [-0.15, -0.1) is 0 Å². The molecule has 3 atom stereocenters. The van der Waals surface area contributed by atoms with Crippen molar-refractivity contribution in [3.05, 3.63) is 56.4 Å². The number of halogens is 7. The van der Waals surface area contributed by atoms with Crippen LogP contribution in [-0.2, 0) is 17.3 Å². The zero-order valence-corrected chi connectivity index (χ0v) is 24.1. The van der Waals surface area contributed by atoms with E-state index in [0.29, 0.717) is 3.57 Å². The Morgan fingerprint density at radius 2 is 1.82 bits per heavy atom. The number of nitrogens with one attached hydrogen (secondary N) is 3. The first-order valence-electron chi connectivity index (χ1n) is 11.4. The fraction of sp³-hybridized carbons (Fsp3) is 0.391. The molecule has 218 valence electrons. The molecule has 0 bridgehead atoms. The maximum atomic E-state index is 13.3. The van der Waals surface area contributed by atoms with Crippen molar-refractivity contribution in [3.8, 4) is 0 Å². The molecule has 40 heavy (non-hydrogen) atoms. The Morgan fingerprint density at radius 1 is 1.15 bits per heavy atom. The van der Waals surface area contributed by atoms with Crippen LogP contribution in [0.25, 0.3) is 0 Å². The van der Waals surface area contributed by atoms with Gasteiger partial charge < -0.3 is 10.6 Å². The topological polar surface area (TPSA) is 116 Å². The van der Waals surface area contributed by atoms with Gasteiger partial charge in [0.1, 0.15) is 0 Å². The van der Waals surface area contributed by atoms with E-state index in [2.05, 4.69) is 20.6 Å². The number of hydrazine groups is 1. The number of carbonyl (C=O) groups is 2. The largest absolute Gasteiger partial charge is 0.450 e. The van der Waals surface area contributed by atoms with E-state index in [4.69, 9.17) is 0 Å². The number of nitrogens with zero attached hydrogens (tertiary/aromatic N) is 3. The summed E-state index contributed by atoms with van der Waals surface area (Å²) < 4.78 is 90.7. The average molecular weight is 704 g/mol. The van der Waals surface area contributed by atoms with Gasteiger partial charge in [0.05, 0.1) is 34.7 Å². The molecule has 2 aromatic rings. The van der Waals surface area contributed by atoms with E-state index in [-0.39, 0.29) is 39.0 Å². The van der Waals surface area contributed by atoms with Crippen molar-refractivity contribution in [1.29, 1.82) is 0 Å². The summed E-state index contributed by atoms with van der Waals surface area (Å²) in [6.07, 6.45) is -11.4. The zero-order chi connectivity index (χ0) is 30.0. The van der Waals surface area contributed by atoms with E-state index in [1.807, 2.05) is 22.6 Å². The number of aliphatic imine (C=N–C) groups is 1. The van der Waals surface area contributed by atoms with Crippen molar-refractivity contribution in [3.63, 3.8) is 0 Å². The quantitative estimate of drug-likeness (QED) is 0.284. The number of carbonyl (C=O) groups excluding carboxylic acids is 2. The molecule has 0 saturated heterocycles. The smallest absolute Gasteiger partial charge is 0.349 e. The van der Waals surface area contributed by atoms with Crippen LogP contribution in [0.3, 0.4) is 0 Å². The fourth-order valence-electron chi connectivity index (χ4n) is 3.76. The van der Waals surface area contributed by atoms with E-state index >= 15 is 0 Å². The molecule has 2 heterocycles. The van der Waals surface area contributed by atoms with Crippen LogP contribution in [0.4, 0.5) is 32.0 Å². The van der Waals surface area contributed by atoms with Crippen LogP contribution in [-0.4, -0.2) is 68.4 Å². The van der Waals surface area contributed by atoms with Gasteiger partial charge in [-0.3, -0.25) is 24.2 Å². The molecule has 0 aliphatic carbocycles. The highest BCUT2D eigenvalue weighted by atomic mass is 127. The Morgan fingerprint density at radius 3 is 2.40 bits per heavy atom. The third-order valence-electron chi connectivity index (χ3n) is 5.43. The van der Waals surface area contributed by atoms with Gasteiger partial charge in [0, 0.05) is 32.4 Å². The number of hydrogen-bond acceptors (Lipinski definition) is 7. The molecule has 17 heteroatoms. The molecule has 1 aliphatic heterocycles. The molecular weight excluding hydrogens is 681 g/mol. The number of amidine groups is 1. The Bertz CT molecular complexity index is 1350. The molecule has 1 aromatic carbocycles. The van der Waals surface area contributed by atoms with Gasteiger partial charge in [-0.05, 0) is 60.7 Å². The van der Waals surface area contributed by atoms with Crippen LogP contribution in [0.2, 0.25) is 0 Å². The number of aromatic nitrogens is 1. The van der Waals surface area contributed by atoms with Crippen molar-refractivity contribution < 1.29 is 40.1 Å². The highest BCUT2D eigenvalue weighted by molar-refractivity contribution is 14.1. The van der Waals surface area contributed by atoms with Gasteiger partial charge in [-0.2, -0.15) is 31.4 Å². The first-order chi connectivity index (χ1) is 18.5. The van der Waals surface area contributed by atoms with Gasteiger partial charge in [0.2, 0.25) is 12.0 Å². The molecule has 3 rings (SSSR count). The summed E-state index contributed by atoms with van der Waals surface area (Å²) in [5.74, 6) is -2.77.